The summed E-state index contributed by atoms with van der Waals surface area (Å²) in [6.07, 6.45) is 6.49. The van der Waals surface area contributed by atoms with Crippen LogP contribution in [0.25, 0.3) is 0 Å². The number of sulfonamides is 1. The number of anilines is 1. The van der Waals surface area contributed by atoms with Gasteiger partial charge in [-0.2, -0.15) is 0 Å². The number of nitrogens with one attached hydrogen (secondary N) is 1. The van der Waals surface area contributed by atoms with E-state index in [1.807, 2.05) is 6.07 Å². The number of hydrogen-bond donors (Lipinski definition) is 1. The van der Waals surface area contributed by atoms with Crippen LogP contribution in [0.15, 0.2) is 64.0 Å². The molecule has 0 saturated heterocycles. The van der Waals surface area contributed by atoms with Gasteiger partial charge in [-0.3, -0.25) is 9.10 Å². The van der Waals surface area contributed by atoms with E-state index < -0.39 is 10.0 Å². The summed E-state index contributed by atoms with van der Waals surface area (Å²) in [6.45, 7) is -0.246. The third kappa shape index (κ3) is 5.35. The van der Waals surface area contributed by atoms with Gasteiger partial charge >= 0.3 is 0 Å². The highest BCUT2D eigenvalue weighted by Gasteiger charge is 2.28. The fourth-order valence-corrected chi connectivity index (χ4v) is 5.31. The number of rotatable bonds is 6. The number of carbonyl (C=O) groups excluding carboxylic acids is 1. The maximum atomic E-state index is 13.3. The largest absolute Gasteiger partial charge is 0.352 e. The Labute approximate surface area is 175 Å². The quantitative estimate of drug-likeness (QED) is 0.640. The van der Waals surface area contributed by atoms with E-state index in [0.717, 1.165) is 30.2 Å². The number of halogens is 1. The standard InChI is InChI=1S/C21H25BrN2O3S/c22-17-9-8-12-19(15-17)24(28(26,27)20-13-6-3-7-14-20)16-21(25)23-18-10-4-1-2-5-11-18/h3,6-9,12-15,18H,1-2,4-5,10-11,16H2,(H,23,25). The molecule has 0 aliphatic heterocycles. The SMILES string of the molecule is O=C(CN(c1cccc(Br)c1)S(=O)(=O)c1ccccc1)NC1CCCCCC1. The lowest BCUT2D eigenvalue weighted by atomic mass is 10.1. The Morgan fingerprint density at radius 1 is 1.00 bits per heavy atom. The molecule has 150 valence electrons. The van der Waals surface area contributed by atoms with E-state index in [4.69, 9.17) is 0 Å². The Morgan fingerprint density at radius 2 is 1.68 bits per heavy atom. The lowest BCUT2D eigenvalue weighted by Crippen LogP contribution is -2.44. The van der Waals surface area contributed by atoms with Crippen LogP contribution in [0.2, 0.25) is 0 Å². The first-order chi connectivity index (χ1) is 13.5. The van der Waals surface area contributed by atoms with Crippen LogP contribution in [-0.4, -0.2) is 26.9 Å². The van der Waals surface area contributed by atoms with Crippen molar-refractivity contribution in [2.45, 2.75) is 49.5 Å². The molecule has 0 unspecified atom stereocenters. The van der Waals surface area contributed by atoms with Crippen molar-refractivity contribution in [2.24, 2.45) is 0 Å². The molecule has 1 aliphatic carbocycles. The van der Waals surface area contributed by atoms with E-state index in [1.54, 1.807) is 48.5 Å². The van der Waals surface area contributed by atoms with Gasteiger partial charge in [0.2, 0.25) is 5.91 Å². The molecular formula is C21H25BrN2O3S. The molecule has 0 heterocycles. The Hall–Kier alpha value is -1.86. The second-order valence-electron chi connectivity index (χ2n) is 7.06. The molecule has 2 aromatic carbocycles. The maximum absolute atomic E-state index is 13.3. The Kier molecular flexibility index (Phi) is 7.13. The minimum atomic E-state index is -3.86. The van der Waals surface area contributed by atoms with Crippen molar-refractivity contribution in [1.29, 1.82) is 0 Å². The second kappa shape index (κ2) is 9.56. The molecule has 28 heavy (non-hydrogen) atoms. The van der Waals surface area contributed by atoms with Gasteiger partial charge in [0, 0.05) is 10.5 Å². The van der Waals surface area contributed by atoms with Gasteiger partial charge in [-0.15, -0.1) is 0 Å². The molecular weight excluding hydrogens is 440 g/mol. The van der Waals surface area contributed by atoms with Crippen LogP contribution >= 0.6 is 15.9 Å². The van der Waals surface area contributed by atoms with E-state index >= 15 is 0 Å². The molecule has 1 aliphatic rings. The van der Waals surface area contributed by atoms with E-state index in [0.29, 0.717) is 5.69 Å². The van der Waals surface area contributed by atoms with Crippen molar-refractivity contribution in [2.75, 3.05) is 10.8 Å². The monoisotopic (exact) mass is 464 g/mol. The molecule has 0 radical (unpaired) electrons. The van der Waals surface area contributed by atoms with Crippen LogP contribution in [0.3, 0.4) is 0 Å². The third-order valence-electron chi connectivity index (χ3n) is 4.93. The highest BCUT2D eigenvalue weighted by atomic mass is 79.9. The van der Waals surface area contributed by atoms with Crippen LogP contribution in [0, 0.1) is 0 Å². The third-order valence-corrected chi connectivity index (χ3v) is 7.22. The molecule has 5 nitrogen and oxygen atoms in total. The smallest absolute Gasteiger partial charge is 0.264 e. The van der Waals surface area contributed by atoms with Crippen LogP contribution in [0.4, 0.5) is 5.69 Å². The first-order valence-corrected chi connectivity index (χ1v) is 11.8. The molecule has 0 spiro atoms. The minimum absolute atomic E-state index is 0.124. The molecule has 1 saturated carbocycles. The van der Waals surface area contributed by atoms with Crippen LogP contribution in [0.5, 0.6) is 0 Å². The van der Waals surface area contributed by atoms with E-state index in [2.05, 4.69) is 21.2 Å². The van der Waals surface area contributed by atoms with Gasteiger partial charge in [0.25, 0.3) is 10.0 Å². The predicted molar refractivity (Wildman–Crippen MR) is 115 cm³/mol. The van der Waals surface area contributed by atoms with E-state index in [9.17, 15) is 13.2 Å². The van der Waals surface area contributed by atoms with Crippen molar-refractivity contribution >= 4 is 37.5 Å². The summed E-state index contributed by atoms with van der Waals surface area (Å²) in [7, 11) is -3.86. The van der Waals surface area contributed by atoms with Gasteiger partial charge in [0.1, 0.15) is 6.54 Å². The molecule has 0 bridgehead atoms. The normalized spacial score (nSPS) is 15.6. The zero-order chi connectivity index (χ0) is 20.0. The summed E-state index contributed by atoms with van der Waals surface area (Å²) >= 11 is 3.39. The average molecular weight is 465 g/mol. The van der Waals surface area contributed by atoms with Gasteiger partial charge in [0.05, 0.1) is 10.6 Å². The predicted octanol–water partition coefficient (Wildman–Crippen LogP) is 4.48. The molecule has 0 aromatic heterocycles. The van der Waals surface area contributed by atoms with Crippen LogP contribution < -0.4 is 9.62 Å². The Bertz CT molecular complexity index is 895. The van der Waals surface area contributed by atoms with Crippen molar-refractivity contribution in [1.82, 2.24) is 5.32 Å². The Balaban J connectivity index is 1.85. The van der Waals surface area contributed by atoms with Crippen LogP contribution in [0.1, 0.15) is 38.5 Å². The average Bonchev–Trinajstić information content (AvgIpc) is 2.95. The second-order valence-corrected chi connectivity index (χ2v) is 9.84. The molecule has 0 atom stereocenters. The molecule has 1 fully saturated rings. The zero-order valence-corrected chi connectivity index (χ0v) is 18.1. The first-order valence-electron chi connectivity index (χ1n) is 9.59. The number of benzene rings is 2. The molecule has 2 aromatic rings. The zero-order valence-electron chi connectivity index (χ0n) is 15.7. The summed E-state index contributed by atoms with van der Waals surface area (Å²) < 4.78 is 28.4. The molecule has 1 amide bonds. The van der Waals surface area contributed by atoms with Gasteiger partial charge in [0.15, 0.2) is 0 Å². The topological polar surface area (TPSA) is 66.5 Å². The summed E-state index contributed by atoms with van der Waals surface area (Å²) in [6, 6.07) is 15.3. The highest BCUT2D eigenvalue weighted by Crippen LogP contribution is 2.26. The van der Waals surface area contributed by atoms with Crippen molar-refractivity contribution < 1.29 is 13.2 Å². The van der Waals surface area contributed by atoms with E-state index in [1.165, 1.54) is 17.1 Å². The molecule has 3 rings (SSSR count). The number of carbonyl (C=O) groups is 1. The fraction of sp³-hybridized carbons (Fsp3) is 0.381. The summed E-state index contributed by atoms with van der Waals surface area (Å²) in [4.78, 5) is 12.9. The van der Waals surface area contributed by atoms with E-state index in [-0.39, 0.29) is 23.4 Å². The van der Waals surface area contributed by atoms with Crippen molar-refractivity contribution in [3.8, 4) is 0 Å². The molecule has 7 heteroatoms. The maximum Gasteiger partial charge on any atom is 0.264 e. The van der Waals surface area contributed by atoms with Gasteiger partial charge in [-0.1, -0.05) is 65.9 Å². The molecule has 1 N–H and O–H groups in total. The van der Waals surface area contributed by atoms with Crippen LogP contribution in [-0.2, 0) is 14.8 Å². The lowest BCUT2D eigenvalue weighted by molar-refractivity contribution is -0.120. The van der Waals surface area contributed by atoms with Crippen molar-refractivity contribution in [3.05, 3.63) is 59.1 Å². The van der Waals surface area contributed by atoms with Crippen molar-refractivity contribution in [3.63, 3.8) is 0 Å². The lowest BCUT2D eigenvalue weighted by Gasteiger charge is -2.25. The van der Waals surface area contributed by atoms with Gasteiger partial charge in [-0.25, -0.2) is 8.42 Å². The van der Waals surface area contributed by atoms with Gasteiger partial charge < -0.3 is 5.32 Å². The summed E-state index contributed by atoms with van der Waals surface area (Å²) in [5.74, 6) is -0.272. The minimum Gasteiger partial charge on any atom is -0.352 e. The first kappa shape index (κ1) is 20.9. The summed E-state index contributed by atoms with van der Waals surface area (Å²) in [5, 5.41) is 3.04. The van der Waals surface area contributed by atoms with Gasteiger partial charge in [-0.05, 0) is 43.2 Å². The highest BCUT2D eigenvalue weighted by molar-refractivity contribution is 9.10. The summed E-state index contributed by atoms with van der Waals surface area (Å²) in [5.41, 5.74) is 0.453. The number of nitrogens with zero attached hydrogens (tertiary/aromatic N) is 1. The fourth-order valence-electron chi connectivity index (χ4n) is 3.49. The number of amides is 1. The number of hydrogen-bond acceptors (Lipinski definition) is 3. The Morgan fingerprint density at radius 3 is 2.32 bits per heavy atom.